The van der Waals surface area contributed by atoms with Crippen molar-refractivity contribution in [3.63, 3.8) is 0 Å². The number of fused-ring (bicyclic) bond motifs is 2. The average molecular weight is 1540 g/mol. The highest BCUT2D eigenvalue weighted by Gasteiger charge is 2.43. The van der Waals surface area contributed by atoms with Crippen LogP contribution in [0.3, 0.4) is 0 Å². The fourth-order valence-corrected chi connectivity index (χ4v) is 13.5. The molecule has 0 saturated heterocycles. The van der Waals surface area contributed by atoms with E-state index >= 15 is 19.2 Å². The highest BCUT2D eigenvalue weighted by atomic mass is 35.5. The van der Waals surface area contributed by atoms with Gasteiger partial charge in [0.15, 0.2) is 0 Å². The second-order valence-electron chi connectivity index (χ2n) is 27.3. The number of ether oxygens (including phenoxy) is 4. The number of carbonyl (C=O) groups excluding carboxylic acids is 10. The number of hydrogen-bond acceptors (Lipinski definition) is 14. The van der Waals surface area contributed by atoms with Gasteiger partial charge in [0.05, 0.1) is 22.3 Å². The quantitative estimate of drug-likeness (QED) is 0.0106. The maximum absolute atomic E-state index is 15.9. The van der Waals surface area contributed by atoms with E-state index in [1.807, 2.05) is 0 Å². The second kappa shape index (κ2) is 32.8. The molecule has 0 saturated carbocycles. The number of imide groups is 2. The van der Waals surface area contributed by atoms with Crippen molar-refractivity contribution in [2.75, 3.05) is 49.9 Å². The lowest BCUT2D eigenvalue weighted by Gasteiger charge is -2.32. The molecule has 112 heavy (non-hydrogen) atoms. The lowest BCUT2D eigenvalue weighted by Crippen LogP contribution is -2.45. The van der Waals surface area contributed by atoms with Gasteiger partial charge in [-0.1, -0.05) is 98.0 Å². The zero-order valence-corrected chi connectivity index (χ0v) is 62.9. The summed E-state index contributed by atoms with van der Waals surface area (Å²) < 4.78 is 28.7. The van der Waals surface area contributed by atoms with Gasteiger partial charge in [0.2, 0.25) is 35.4 Å². The zero-order chi connectivity index (χ0) is 79.3. The van der Waals surface area contributed by atoms with E-state index in [0.29, 0.717) is 69.4 Å². The number of anilines is 2. The average Bonchev–Trinajstić information content (AvgIpc) is 0.671. The Labute approximate surface area is 653 Å². The predicted octanol–water partition coefficient (Wildman–Crippen LogP) is 15.6. The zero-order valence-electron chi connectivity index (χ0n) is 61.4. The molecular formula is C88H74Cl2N8O14. The predicted molar refractivity (Wildman–Crippen MR) is 431 cm³/mol. The molecule has 0 bridgehead atoms. The van der Waals surface area contributed by atoms with Crippen LogP contribution in [0.2, 0.25) is 10.0 Å². The Hall–Kier alpha value is -13.4. The number of hydrogen-bond donors (Lipinski definition) is 6. The summed E-state index contributed by atoms with van der Waals surface area (Å²) in [6.45, 7) is 20.9. The number of carbonyl (C=O) groups is 10. The van der Waals surface area contributed by atoms with Gasteiger partial charge in [0, 0.05) is 113 Å². The molecule has 0 unspecified atom stereocenters. The molecule has 564 valence electrons. The highest BCUT2D eigenvalue weighted by Crippen LogP contribution is 2.58. The van der Waals surface area contributed by atoms with Crippen LogP contribution in [0.4, 0.5) is 11.4 Å². The lowest BCUT2D eigenvalue weighted by molar-refractivity contribution is -0.118. The Morgan fingerprint density at radius 2 is 0.545 bits per heavy atom. The first-order valence-corrected chi connectivity index (χ1v) is 36.5. The third-order valence-corrected chi connectivity index (χ3v) is 19.4. The van der Waals surface area contributed by atoms with Gasteiger partial charge in [-0.15, -0.1) is 0 Å². The third-order valence-electron chi connectivity index (χ3n) is 18.9. The summed E-state index contributed by atoms with van der Waals surface area (Å²) in [5.74, 6) is -5.60. The summed E-state index contributed by atoms with van der Waals surface area (Å²) in [6, 6.07) is 46.3. The summed E-state index contributed by atoms with van der Waals surface area (Å²) in [6.07, 6.45) is 1.62. The van der Waals surface area contributed by atoms with Gasteiger partial charge in [0.25, 0.3) is 23.6 Å². The van der Waals surface area contributed by atoms with Crippen LogP contribution in [-0.2, 0) is 54.5 Å². The summed E-state index contributed by atoms with van der Waals surface area (Å²) in [5, 5.41) is 18.8. The number of rotatable bonds is 30. The van der Waals surface area contributed by atoms with E-state index in [1.54, 1.807) is 173 Å². The molecule has 11 aromatic rings. The molecule has 24 heteroatoms. The van der Waals surface area contributed by atoms with Gasteiger partial charge in [-0.05, 0) is 197 Å². The third kappa shape index (κ3) is 16.6. The molecule has 0 fully saturated rings. The molecule has 6 N–H and O–H groups in total. The van der Waals surface area contributed by atoms with Crippen LogP contribution in [0.15, 0.2) is 218 Å². The number of nitrogens with one attached hydrogen (secondary N) is 6. The Morgan fingerprint density at radius 3 is 0.759 bits per heavy atom. The first-order valence-electron chi connectivity index (χ1n) is 35.8. The summed E-state index contributed by atoms with van der Waals surface area (Å²) in [5.41, 5.74) is 4.79. The molecule has 0 spiro atoms. The van der Waals surface area contributed by atoms with Crippen molar-refractivity contribution in [3.8, 4) is 46.0 Å². The minimum Gasteiger partial charge on any atom is -0.457 e. The molecule has 0 aromatic heterocycles. The summed E-state index contributed by atoms with van der Waals surface area (Å²) >= 11 is 12.4. The fourth-order valence-electron chi connectivity index (χ4n) is 13.3. The topological polar surface area (TPSA) is 286 Å². The van der Waals surface area contributed by atoms with Gasteiger partial charge in [-0.25, -0.2) is 0 Å². The van der Waals surface area contributed by atoms with Gasteiger partial charge >= 0.3 is 0 Å². The van der Waals surface area contributed by atoms with Gasteiger partial charge in [0.1, 0.15) is 59.1 Å². The Kier molecular flexibility index (Phi) is 22.5. The molecule has 0 atom stereocenters. The maximum atomic E-state index is 15.9. The van der Waals surface area contributed by atoms with Crippen molar-refractivity contribution in [3.05, 3.63) is 273 Å². The number of benzene rings is 11. The maximum Gasteiger partial charge on any atom is 0.262 e. The first-order chi connectivity index (χ1) is 53.7. The van der Waals surface area contributed by atoms with E-state index in [2.05, 4.69) is 58.2 Å². The van der Waals surface area contributed by atoms with Gasteiger partial charge < -0.3 is 50.8 Å². The lowest BCUT2D eigenvalue weighted by atomic mass is 9.80. The monoisotopic (exact) mass is 1540 g/mol. The number of halogens is 2. The van der Waals surface area contributed by atoms with E-state index in [1.165, 1.54) is 24.3 Å². The van der Waals surface area contributed by atoms with E-state index < -0.39 is 48.5 Å². The van der Waals surface area contributed by atoms with Crippen LogP contribution >= 0.6 is 23.2 Å². The molecule has 10 amide bonds. The van der Waals surface area contributed by atoms with E-state index in [4.69, 9.17) is 42.1 Å². The van der Waals surface area contributed by atoms with Crippen LogP contribution in [0.5, 0.6) is 46.0 Å². The van der Waals surface area contributed by atoms with E-state index in [9.17, 15) is 28.8 Å². The Bertz CT molecular complexity index is 5130. The molecule has 2 aliphatic rings. The van der Waals surface area contributed by atoms with Crippen molar-refractivity contribution < 1.29 is 66.9 Å². The SMILES string of the molecule is C=C(C)C(=O)NCCc1ccc(Oc2cc3c4c(cc(Oc5ccc(CCNC(=O)C(=C)C)cc5)c5c6c(Oc7ccc(CCNC(=O)C(=C)C)cc7)cc7c8c(cc(Oc9ccc(CCNC(=O)C(=C)C)cc9)c(c2c45)c86)C(=O)N(CC(=O)Nc2ccc(Cl)cc2)C7=O)C(=O)N(CC(=O)Nc2ccc(Cl)cc2)C3=O)cc1. The first kappa shape index (κ1) is 76.7. The minimum atomic E-state index is -0.902. The molecule has 0 aliphatic carbocycles. The molecular weight excluding hydrogens is 1460 g/mol. The van der Waals surface area contributed by atoms with Crippen molar-refractivity contribution in [1.82, 2.24) is 31.1 Å². The van der Waals surface area contributed by atoms with Gasteiger partial charge in [-0.3, -0.25) is 57.7 Å². The van der Waals surface area contributed by atoms with Crippen LogP contribution < -0.4 is 50.8 Å². The van der Waals surface area contributed by atoms with Crippen LogP contribution in [-0.4, -0.2) is 108 Å². The van der Waals surface area contributed by atoms with Crippen LogP contribution in [0.1, 0.15) is 91.4 Å². The Balaban J connectivity index is 1.10. The van der Waals surface area contributed by atoms with Crippen molar-refractivity contribution in [2.45, 2.75) is 53.4 Å². The highest BCUT2D eigenvalue weighted by molar-refractivity contribution is 6.45. The van der Waals surface area contributed by atoms with Crippen LogP contribution in [0, 0.1) is 0 Å². The van der Waals surface area contributed by atoms with Crippen molar-refractivity contribution in [1.29, 1.82) is 0 Å². The smallest absolute Gasteiger partial charge is 0.262 e. The molecule has 2 heterocycles. The second-order valence-corrected chi connectivity index (χ2v) is 28.2. The standard InChI is InChI=1S/C88H74Cl2N8O14/c1-47(2)81(101)91-37-33-51-9-25-59(26-10-51)109-67-41-63-73-64(86(106)97(85(63)105)45-71(99)95-57-21-17-55(89)18-22-57)43-69(111-61-29-13-53(14-30-61)35-39-93-83(103)49(5)6)77-78-70(112-62-31-15-54(16-32-62)36-40-94-84(104)50(7)8)44-66-74-65(87(107)98(88(66)108)46-72(100)96-58-23-19-56(90)20-24-58)42-68(76(80(74)78)75(67)79(73)77)110-60-27-11-52(12-28-60)34-38-92-82(102)48(3)4/h9-32,41-44H,1,3,5,7,33-40,45-46H2,2,4,6,8H3,(H,91,101)(H,92,102)(H,93,103)(H,94,104)(H,95,99)(H,96,100). The van der Waals surface area contributed by atoms with E-state index in [0.717, 1.165) is 32.1 Å². The van der Waals surface area contributed by atoms with Crippen molar-refractivity contribution in [2.24, 2.45) is 0 Å². The van der Waals surface area contributed by atoms with Gasteiger partial charge in [-0.2, -0.15) is 0 Å². The summed E-state index contributed by atoms with van der Waals surface area (Å²) in [7, 11) is 0. The number of nitrogens with zero attached hydrogens (tertiary/aromatic N) is 2. The Morgan fingerprint density at radius 1 is 0.321 bits per heavy atom. The minimum absolute atomic E-state index is 0.0421. The largest absolute Gasteiger partial charge is 0.457 e. The summed E-state index contributed by atoms with van der Waals surface area (Å²) in [4.78, 5) is 144. The fraction of sp³-hybridized carbons (Fsp3) is 0.159. The molecule has 22 nitrogen and oxygen atoms in total. The molecule has 13 rings (SSSR count). The van der Waals surface area contributed by atoms with E-state index in [-0.39, 0.29) is 161 Å². The van der Waals surface area contributed by atoms with Crippen molar-refractivity contribution >= 4 is 137 Å². The molecule has 2 aliphatic heterocycles. The molecule has 11 aromatic carbocycles. The normalized spacial score (nSPS) is 12.2. The number of amides is 10. The molecule has 0 radical (unpaired) electrons. The van der Waals surface area contributed by atoms with Crippen LogP contribution in [0.25, 0.3) is 43.1 Å².